The van der Waals surface area contributed by atoms with Gasteiger partial charge in [-0.25, -0.2) is 0 Å². The molecule has 4 atom stereocenters. The van der Waals surface area contributed by atoms with E-state index in [1.165, 1.54) is 23.2 Å². The van der Waals surface area contributed by atoms with Crippen molar-refractivity contribution in [2.45, 2.75) is 25.3 Å². The molecule has 2 nitrogen and oxygen atoms in total. The van der Waals surface area contributed by atoms with Crippen molar-refractivity contribution in [1.29, 1.82) is 0 Å². The van der Waals surface area contributed by atoms with Crippen LogP contribution >= 0.6 is 0 Å². The molecule has 19 heavy (non-hydrogen) atoms. The lowest BCUT2D eigenvalue weighted by atomic mass is 9.79. The van der Waals surface area contributed by atoms with Crippen molar-refractivity contribution in [2.24, 2.45) is 11.8 Å². The molecule has 0 radical (unpaired) electrons. The lowest BCUT2D eigenvalue weighted by Gasteiger charge is -2.26. The van der Waals surface area contributed by atoms with Crippen molar-refractivity contribution in [3.8, 4) is 0 Å². The van der Waals surface area contributed by atoms with Crippen LogP contribution in [0.2, 0.25) is 0 Å². The Morgan fingerprint density at radius 3 is 2.95 bits per heavy atom. The van der Waals surface area contributed by atoms with E-state index in [0.29, 0.717) is 23.8 Å². The van der Waals surface area contributed by atoms with E-state index in [0.717, 1.165) is 5.76 Å². The summed E-state index contributed by atoms with van der Waals surface area (Å²) in [7, 11) is 1.77. The number of rotatable bonds is 1. The van der Waals surface area contributed by atoms with Gasteiger partial charge in [-0.05, 0) is 49.0 Å². The van der Waals surface area contributed by atoms with E-state index in [1.54, 1.807) is 7.11 Å². The van der Waals surface area contributed by atoms with Gasteiger partial charge in [0.05, 0.1) is 7.11 Å². The van der Waals surface area contributed by atoms with Gasteiger partial charge in [-0.2, -0.15) is 0 Å². The van der Waals surface area contributed by atoms with Crippen molar-refractivity contribution >= 4 is 5.69 Å². The second kappa shape index (κ2) is 3.89. The van der Waals surface area contributed by atoms with Crippen LogP contribution in [0.5, 0.6) is 0 Å². The first-order valence-electron chi connectivity index (χ1n) is 7.07. The zero-order valence-corrected chi connectivity index (χ0v) is 11.4. The predicted octanol–water partition coefficient (Wildman–Crippen LogP) is 3.69. The number of para-hydroxylation sites is 1. The van der Waals surface area contributed by atoms with Gasteiger partial charge in [0, 0.05) is 17.6 Å². The smallest absolute Gasteiger partial charge is 0.115 e. The third-order valence-corrected chi connectivity index (χ3v) is 5.03. The Morgan fingerprint density at radius 1 is 1.26 bits per heavy atom. The molecule has 1 heterocycles. The van der Waals surface area contributed by atoms with E-state index >= 15 is 0 Å². The lowest BCUT2D eigenvalue weighted by molar-refractivity contribution is 0.292. The summed E-state index contributed by atoms with van der Waals surface area (Å²) in [4.78, 5) is 0. The normalized spacial score (nSPS) is 34.6. The van der Waals surface area contributed by atoms with Crippen LogP contribution in [0.25, 0.3) is 0 Å². The molecule has 1 N–H and O–H groups in total. The van der Waals surface area contributed by atoms with Gasteiger partial charge >= 0.3 is 0 Å². The van der Waals surface area contributed by atoms with E-state index in [-0.39, 0.29) is 0 Å². The Hall–Kier alpha value is -1.70. The zero-order valence-electron chi connectivity index (χ0n) is 11.4. The van der Waals surface area contributed by atoms with Crippen molar-refractivity contribution < 1.29 is 4.74 Å². The van der Waals surface area contributed by atoms with Gasteiger partial charge < -0.3 is 10.1 Å². The van der Waals surface area contributed by atoms with Gasteiger partial charge in [-0.1, -0.05) is 23.8 Å². The SMILES string of the molecule is COC1=CC2C(C[C@H]3Nc4ccccc4[C@@H]23)C(C)=C1. The quantitative estimate of drug-likeness (QED) is 0.824. The standard InChI is InChI=1S/C17H19NO/c1-10-7-11(19-2)8-14-13(10)9-16-17(14)12-5-3-4-6-15(12)18-16/h3-8,13-14,16-18H,9H2,1-2H3/t13?,14?,16-,17+/m1/s1. The van der Waals surface area contributed by atoms with E-state index in [1.807, 2.05) is 0 Å². The Kier molecular flexibility index (Phi) is 2.29. The number of hydrogen-bond acceptors (Lipinski definition) is 2. The molecule has 0 spiro atoms. The molecular formula is C17H19NO. The Labute approximate surface area is 114 Å². The lowest BCUT2D eigenvalue weighted by Crippen LogP contribution is -2.18. The molecule has 1 fully saturated rings. The summed E-state index contributed by atoms with van der Waals surface area (Å²) in [6.45, 7) is 2.25. The van der Waals surface area contributed by atoms with Crippen LogP contribution in [0.1, 0.15) is 24.8 Å². The van der Waals surface area contributed by atoms with E-state index in [9.17, 15) is 0 Å². The van der Waals surface area contributed by atoms with Crippen molar-refractivity contribution in [1.82, 2.24) is 0 Å². The first-order valence-corrected chi connectivity index (χ1v) is 7.07. The van der Waals surface area contributed by atoms with Crippen LogP contribution in [-0.2, 0) is 4.74 Å². The average molecular weight is 253 g/mol. The fourth-order valence-electron chi connectivity index (χ4n) is 4.19. The number of fused-ring (bicyclic) bond motifs is 5. The van der Waals surface area contributed by atoms with Crippen molar-refractivity contribution in [3.63, 3.8) is 0 Å². The highest BCUT2D eigenvalue weighted by molar-refractivity contribution is 5.61. The highest BCUT2D eigenvalue weighted by Gasteiger charge is 2.48. The van der Waals surface area contributed by atoms with E-state index in [4.69, 9.17) is 4.74 Å². The number of hydrogen-bond donors (Lipinski definition) is 1. The fraction of sp³-hybridized carbons (Fsp3) is 0.412. The summed E-state index contributed by atoms with van der Waals surface area (Å²) in [5.41, 5.74) is 4.29. The van der Waals surface area contributed by atoms with Crippen molar-refractivity contribution in [3.05, 3.63) is 53.3 Å². The molecule has 98 valence electrons. The minimum Gasteiger partial charge on any atom is -0.497 e. The third-order valence-electron chi connectivity index (χ3n) is 5.03. The maximum Gasteiger partial charge on any atom is 0.115 e. The van der Waals surface area contributed by atoms with Gasteiger partial charge in [-0.15, -0.1) is 0 Å². The number of allylic oxidation sites excluding steroid dienone is 3. The molecule has 1 aromatic carbocycles. The second-order valence-corrected chi connectivity index (χ2v) is 5.94. The second-order valence-electron chi connectivity index (χ2n) is 5.94. The van der Waals surface area contributed by atoms with E-state index < -0.39 is 0 Å². The van der Waals surface area contributed by atoms with Gasteiger partial charge in [-0.3, -0.25) is 0 Å². The topological polar surface area (TPSA) is 21.3 Å². The van der Waals surface area contributed by atoms with E-state index in [2.05, 4.69) is 48.7 Å². The number of ether oxygens (including phenoxy) is 1. The number of nitrogens with one attached hydrogen (secondary N) is 1. The van der Waals surface area contributed by atoms with Crippen LogP contribution < -0.4 is 5.32 Å². The molecule has 0 amide bonds. The molecule has 0 bridgehead atoms. The highest BCUT2D eigenvalue weighted by atomic mass is 16.5. The zero-order chi connectivity index (χ0) is 13.0. The van der Waals surface area contributed by atoms with Gasteiger partial charge in [0.15, 0.2) is 0 Å². The maximum absolute atomic E-state index is 5.47. The summed E-state index contributed by atoms with van der Waals surface area (Å²) in [6, 6.07) is 9.34. The molecule has 1 aliphatic heterocycles. The predicted molar refractivity (Wildman–Crippen MR) is 77.0 cm³/mol. The average Bonchev–Trinajstić information content (AvgIpc) is 2.95. The molecule has 3 aliphatic rings. The Balaban J connectivity index is 1.78. The van der Waals surface area contributed by atoms with Crippen LogP contribution in [0.3, 0.4) is 0 Å². The molecule has 1 aromatic rings. The largest absolute Gasteiger partial charge is 0.497 e. The summed E-state index contributed by atoms with van der Waals surface area (Å²) in [6.07, 6.45) is 5.78. The van der Waals surface area contributed by atoms with Crippen LogP contribution in [0.4, 0.5) is 5.69 Å². The highest BCUT2D eigenvalue weighted by Crippen LogP contribution is 2.55. The third kappa shape index (κ3) is 1.49. The summed E-state index contributed by atoms with van der Waals surface area (Å²) < 4.78 is 5.47. The number of anilines is 1. The van der Waals surface area contributed by atoms with Gasteiger partial charge in [0.25, 0.3) is 0 Å². The van der Waals surface area contributed by atoms with Crippen molar-refractivity contribution in [2.75, 3.05) is 12.4 Å². The molecule has 0 aromatic heterocycles. The fourth-order valence-corrected chi connectivity index (χ4v) is 4.19. The van der Waals surface area contributed by atoms with Gasteiger partial charge in [0.2, 0.25) is 0 Å². The minimum absolute atomic E-state index is 0.584. The Bertz CT molecular complexity index is 587. The summed E-state index contributed by atoms with van der Waals surface area (Å²) >= 11 is 0. The number of benzene rings is 1. The number of methoxy groups -OCH3 is 1. The summed E-state index contributed by atoms with van der Waals surface area (Å²) in [5, 5.41) is 3.71. The molecule has 2 heteroatoms. The minimum atomic E-state index is 0.584. The monoisotopic (exact) mass is 253 g/mol. The molecule has 2 aliphatic carbocycles. The van der Waals surface area contributed by atoms with Crippen LogP contribution in [0, 0.1) is 11.8 Å². The first kappa shape index (κ1) is 11.2. The first-order chi connectivity index (χ1) is 9.28. The summed E-state index contributed by atoms with van der Waals surface area (Å²) in [5.74, 6) is 2.90. The maximum atomic E-state index is 5.47. The molecule has 4 rings (SSSR count). The molecule has 2 unspecified atom stereocenters. The van der Waals surface area contributed by atoms with Crippen LogP contribution in [0.15, 0.2) is 47.7 Å². The molecule has 0 saturated heterocycles. The van der Waals surface area contributed by atoms with Crippen LogP contribution in [-0.4, -0.2) is 13.2 Å². The molecular weight excluding hydrogens is 234 g/mol. The molecule has 1 saturated carbocycles. The Morgan fingerprint density at radius 2 is 2.11 bits per heavy atom. The van der Waals surface area contributed by atoms with Gasteiger partial charge in [0.1, 0.15) is 5.76 Å².